The van der Waals surface area contributed by atoms with Gasteiger partial charge in [-0.25, -0.2) is 8.42 Å². The van der Waals surface area contributed by atoms with Crippen molar-refractivity contribution < 1.29 is 17.9 Å². The number of nitrogens with one attached hydrogen (secondary N) is 1. The molecule has 1 saturated heterocycles. The summed E-state index contributed by atoms with van der Waals surface area (Å²) in [6.07, 6.45) is 4.19. The molecular weight excluding hydrogens is 376 g/mol. The first-order chi connectivity index (χ1) is 13.4. The van der Waals surface area contributed by atoms with E-state index in [4.69, 9.17) is 4.74 Å². The Hall–Kier alpha value is -2.54. The molecule has 1 aliphatic rings. The average molecular weight is 403 g/mol. The van der Waals surface area contributed by atoms with Gasteiger partial charge in [0.1, 0.15) is 5.75 Å². The van der Waals surface area contributed by atoms with E-state index in [0.717, 1.165) is 31.2 Å². The number of likely N-dealkylation sites (tertiary alicyclic amines) is 1. The average Bonchev–Trinajstić information content (AvgIpc) is 2.97. The van der Waals surface area contributed by atoms with E-state index in [1.165, 1.54) is 6.07 Å². The van der Waals surface area contributed by atoms with Crippen LogP contribution in [0.25, 0.3) is 0 Å². The summed E-state index contributed by atoms with van der Waals surface area (Å²) >= 11 is 0. The summed E-state index contributed by atoms with van der Waals surface area (Å²) < 4.78 is 33.5. The molecule has 6 nitrogen and oxygen atoms in total. The predicted molar refractivity (Wildman–Crippen MR) is 109 cm³/mol. The molecule has 150 valence electrons. The van der Waals surface area contributed by atoms with Gasteiger partial charge < -0.3 is 9.64 Å². The molecule has 1 amide bonds. The van der Waals surface area contributed by atoms with E-state index in [2.05, 4.69) is 4.72 Å². The lowest BCUT2D eigenvalue weighted by Crippen LogP contribution is -2.32. The molecule has 28 heavy (non-hydrogen) atoms. The van der Waals surface area contributed by atoms with Gasteiger partial charge >= 0.3 is 0 Å². The summed E-state index contributed by atoms with van der Waals surface area (Å²) in [7, 11) is -2.29. The Morgan fingerprint density at radius 1 is 1.04 bits per heavy atom. The molecule has 0 atom stereocenters. The van der Waals surface area contributed by atoms with Crippen molar-refractivity contribution in [1.82, 2.24) is 4.90 Å². The van der Waals surface area contributed by atoms with Gasteiger partial charge in [0.05, 0.1) is 23.3 Å². The molecule has 7 heteroatoms. The number of ether oxygens (including phenoxy) is 1. The molecule has 0 aliphatic carbocycles. The van der Waals surface area contributed by atoms with E-state index in [9.17, 15) is 13.2 Å². The van der Waals surface area contributed by atoms with Crippen molar-refractivity contribution in [3.05, 3.63) is 53.6 Å². The van der Waals surface area contributed by atoms with Crippen LogP contribution in [-0.2, 0) is 10.0 Å². The first kappa shape index (κ1) is 20.2. The molecule has 1 heterocycles. The van der Waals surface area contributed by atoms with Crippen molar-refractivity contribution in [2.45, 2.75) is 37.5 Å². The summed E-state index contributed by atoms with van der Waals surface area (Å²) in [5, 5.41) is 0. The van der Waals surface area contributed by atoms with Gasteiger partial charge in [-0.1, -0.05) is 25.0 Å². The number of methoxy groups -OCH3 is 1. The maximum Gasteiger partial charge on any atom is 0.261 e. The number of hydrogen-bond donors (Lipinski definition) is 1. The van der Waals surface area contributed by atoms with E-state index < -0.39 is 10.0 Å². The maximum atomic E-state index is 13.0. The molecule has 0 spiro atoms. The lowest BCUT2D eigenvalue weighted by Gasteiger charge is -2.22. The van der Waals surface area contributed by atoms with Crippen LogP contribution in [0.3, 0.4) is 0 Å². The molecule has 0 unspecified atom stereocenters. The Morgan fingerprint density at radius 2 is 1.71 bits per heavy atom. The zero-order valence-corrected chi connectivity index (χ0v) is 17.1. The Bertz CT molecular complexity index is 949. The number of aryl methyl sites for hydroxylation is 1. The molecule has 1 fully saturated rings. The number of anilines is 1. The van der Waals surface area contributed by atoms with Crippen molar-refractivity contribution in [3.8, 4) is 5.75 Å². The lowest BCUT2D eigenvalue weighted by atomic mass is 10.1. The first-order valence-corrected chi connectivity index (χ1v) is 11.0. The van der Waals surface area contributed by atoms with Crippen molar-refractivity contribution in [3.63, 3.8) is 0 Å². The summed E-state index contributed by atoms with van der Waals surface area (Å²) in [5.41, 5.74) is 1.39. The SMILES string of the molecule is COc1ccc(S(=O)(=O)Nc2ccccc2C(=O)N2CCCCCC2)cc1C. The van der Waals surface area contributed by atoms with Crippen LogP contribution in [0.5, 0.6) is 5.75 Å². The van der Waals surface area contributed by atoms with Crippen molar-refractivity contribution in [2.24, 2.45) is 0 Å². The molecule has 0 bridgehead atoms. The highest BCUT2D eigenvalue weighted by molar-refractivity contribution is 7.92. The van der Waals surface area contributed by atoms with Gasteiger partial charge in [0.2, 0.25) is 0 Å². The smallest absolute Gasteiger partial charge is 0.261 e. The first-order valence-electron chi connectivity index (χ1n) is 9.48. The quantitative estimate of drug-likeness (QED) is 0.825. The maximum absolute atomic E-state index is 13.0. The number of rotatable bonds is 5. The van der Waals surface area contributed by atoms with E-state index >= 15 is 0 Å². The molecule has 2 aromatic carbocycles. The van der Waals surface area contributed by atoms with Gasteiger partial charge in [-0.15, -0.1) is 0 Å². The number of para-hydroxylation sites is 1. The van der Waals surface area contributed by atoms with E-state index in [1.807, 2.05) is 4.90 Å². The zero-order chi connectivity index (χ0) is 20.1. The Morgan fingerprint density at radius 3 is 2.36 bits per heavy atom. The third kappa shape index (κ3) is 4.47. The lowest BCUT2D eigenvalue weighted by molar-refractivity contribution is 0.0762. The van der Waals surface area contributed by atoms with Crippen LogP contribution in [-0.4, -0.2) is 39.4 Å². The molecule has 1 N–H and O–H groups in total. The summed E-state index contributed by atoms with van der Waals surface area (Å²) in [6.45, 7) is 3.20. The van der Waals surface area contributed by atoms with E-state index in [1.54, 1.807) is 50.4 Å². The second-order valence-electron chi connectivity index (χ2n) is 6.99. The molecule has 0 aromatic heterocycles. The van der Waals surface area contributed by atoms with Gasteiger partial charge in [-0.05, 0) is 55.7 Å². The number of sulfonamides is 1. The highest BCUT2D eigenvalue weighted by Crippen LogP contribution is 2.25. The predicted octanol–water partition coefficient (Wildman–Crippen LogP) is 3.82. The van der Waals surface area contributed by atoms with Crippen LogP contribution in [0.4, 0.5) is 5.69 Å². The van der Waals surface area contributed by atoms with Gasteiger partial charge in [-0.2, -0.15) is 0 Å². The minimum Gasteiger partial charge on any atom is -0.496 e. The normalized spacial score (nSPS) is 15.0. The van der Waals surface area contributed by atoms with Crippen molar-refractivity contribution in [1.29, 1.82) is 0 Å². The Labute approximate surface area is 166 Å². The van der Waals surface area contributed by atoms with Crippen LogP contribution >= 0.6 is 0 Å². The third-order valence-corrected chi connectivity index (χ3v) is 6.33. The van der Waals surface area contributed by atoms with Crippen LogP contribution in [0, 0.1) is 6.92 Å². The molecule has 3 rings (SSSR count). The Kier molecular flexibility index (Phi) is 6.24. The standard InChI is InChI=1S/C21H26N2O4S/c1-16-15-17(11-12-20(16)27-2)28(25,26)22-19-10-6-5-9-18(19)21(24)23-13-7-3-4-8-14-23/h5-6,9-12,15,22H,3-4,7-8,13-14H2,1-2H3. The topological polar surface area (TPSA) is 75.7 Å². The second kappa shape index (κ2) is 8.65. The summed E-state index contributed by atoms with van der Waals surface area (Å²) in [6, 6.07) is 11.4. The van der Waals surface area contributed by atoms with Crippen molar-refractivity contribution >= 4 is 21.6 Å². The fourth-order valence-electron chi connectivity index (χ4n) is 3.42. The van der Waals surface area contributed by atoms with Gasteiger partial charge in [0.25, 0.3) is 15.9 Å². The number of nitrogens with zero attached hydrogens (tertiary/aromatic N) is 1. The summed E-state index contributed by atoms with van der Waals surface area (Å²) in [5.74, 6) is 0.488. The molecule has 1 aliphatic heterocycles. The van der Waals surface area contributed by atoms with Crippen LogP contribution in [0.2, 0.25) is 0 Å². The van der Waals surface area contributed by atoms with Gasteiger partial charge in [0.15, 0.2) is 0 Å². The second-order valence-corrected chi connectivity index (χ2v) is 8.67. The number of carbonyl (C=O) groups excluding carboxylic acids is 1. The Balaban J connectivity index is 1.88. The van der Waals surface area contributed by atoms with Crippen LogP contribution < -0.4 is 9.46 Å². The molecule has 2 aromatic rings. The number of amides is 1. The van der Waals surface area contributed by atoms with E-state index in [-0.39, 0.29) is 10.8 Å². The minimum absolute atomic E-state index is 0.128. The minimum atomic E-state index is -3.83. The largest absolute Gasteiger partial charge is 0.496 e. The highest BCUT2D eigenvalue weighted by atomic mass is 32.2. The fourth-order valence-corrected chi connectivity index (χ4v) is 4.59. The highest BCUT2D eigenvalue weighted by Gasteiger charge is 2.23. The molecule has 0 saturated carbocycles. The zero-order valence-electron chi connectivity index (χ0n) is 16.3. The van der Waals surface area contributed by atoms with Gasteiger partial charge in [0, 0.05) is 13.1 Å². The number of hydrogen-bond acceptors (Lipinski definition) is 4. The van der Waals surface area contributed by atoms with Gasteiger partial charge in [-0.3, -0.25) is 9.52 Å². The monoisotopic (exact) mass is 402 g/mol. The van der Waals surface area contributed by atoms with E-state index in [0.29, 0.717) is 30.1 Å². The third-order valence-electron chi connectivity index (χ3n) is 4.97. The van der Waals surface area contributed by atoms with Crippen molar-refractivity contribution in [2.75, 3.05) is 24.9 Å². The number of benzene rings is 2. The molecule has 0 radical (unpaired) electrons. The fraction of sp³-hybridized carbons (Fsp3) is 0.381. The van der Waals surface area contributed by atoms with Crippen LogP contribution in [0.15, 0.2) is 47.4 Å². The molecular formula is C21H26N2O4S. The summed E-state index contributed by atoms with van der Waals surface area (Å²) in [4.78, 5) is 15.0. The number of carbonyl (C=O) groups is 1. The van der Waals surface area contributed by atoms with Crippen LogP contribution in [0.1, 0.15) is 41.6 Å².